The summed E-state index contributed by atoms with van der Waals surface area (Å²) in [7, 11) is 0. The zero-order valence-electron chi connectivity index (χ0n) is 13.4. The van der Waals surface area contributed by atoms with E-state index in [1.165, 1.54) is 43.9 Å². The van der Waals surface area contributed by atoms with E-state index in [2.05, 4.69) is 6.92 Å². The molecule has 1 unspecified atom stereocenters. The van der Waals surface area contributed by atoms with Crippen molar-refractivity contribution < 1.29 is 19.4 Å². The van der Waals surface area contributed by atoms with Crippen LogP contribution in [0, 0.1) is 0 Å². The van der Waals surface area contributed by atoms with Gasteiger partial charge in [-0.2, -0.15) is 11.8 Å². The fraction of sp³-hybridized carbons (Fsp3) is 0.875. The van der Waals surface area contributed by atoms with E-state index >= 15 is 0 Å². The molecule has 0 aromatic carbocycles. The summed E-state index contributed by atoms with van der Waals surface area (Å²) in [5, 5.41) is 8.49. The summed E-state index contributed by atoms with van der Waals surface area (Å²) in [5.41, 5.74) is 0. The Balaban J connectivity index is 3.41. The molecule has 4 nitrogen and oxygen atoms in total. The number of hydrogen-bond donors (Lipinski definition) is 1. The second kappa shape index (κ2) is 14.2. The van der Waals surface area contributed by atoms with Crippen LogP contribution in [0.25, 0.3) is 0 Å². The number of carboxylic acid groups (broad SMARTS) is 1. The molecule has 1 atom stereocenters. The van der Waals surface area contributed by atoms with Crippen molar-refractivity contribution in [3.05, 3.63) is 0 Å². The number of aliphatic carboxylic acids is 1. The van der Waals surface area contributed by atoms with Crippen molar-refractivity contribution in [2.24, 2.45) is 0 Å². The molecule has 0 aromatic rings. The number of esters is 1. The molecule has 0 aliphatic carbocycles. The molecule has 1 N–H and O–H groups in total. The minimum absolute atomic E-state index is 0.00676. The summed E-state index contributed by atoms with van der Waals surface area (Å²) in [6.07, 6.45) is 8.92. The standard InChI is InChI=1S/C16H30O4S/c1-3-4-5-6-7-8-9-14(2)20-16(19)11-13-21-12-10-15(17)18/h14H,3-13H2,1-2H3,(H,17,18). The quantitative estimate of drug-likeness (QED) is 0.383. The number of hydrogen-bond acceptors (Lipinski definition) is 4. The molecule has 0 spiro atoms. The van der Waals surface area contributed by atoms with E-state index in [0.29, 0.717) is 17.9 Å². The van der Waals surface area contributed by atoms with Crippen molar-refractivity contribution in [3.63, 3.8) is 0 Å². The van der Waals surface area contributed by atoms with Gasteiger partial charge in [-0.25, -0.2) is 0 Å². The molecule has 0 amide bonds. The second-order valence-corrected chi connectivity index (χ2v) is 6.59. The van der Waals surface area contributed by atoms with E-state index in [4.69, 9.17) is 9.84 Å². The Labute approximate surface area is 133 Å². The summed E-state index contributed by atoms with van der Waals surface area (Å²) in [6.45, 7) is 4.16. The van der Waals surface area contributed by atoms with Crippen LogP contribution in [0.15, 0.2) is 0 Å². The molecule has 0 bridgehead atoms. The summed E-state index contributed by atoms with van der Waals surface area (Å²) >= 11 is 1.48. The van der Waals surface area contributed by atoms with Gasteiger partial charge in [-0.05, 0) is 19.8 Å². The van der Waals surface area contributed by atoms with Crippen LogP contribution < -0.4 is 0 Å². The highest BCUT2D eigenvalue weighted by Crippen LogP contribution is 2.11. The molecule has 0 heterocycles. The van der Waals surface area contributed by atoms with Crippen molar-refractivity contribution in [2.75, 3.05) is 11.5 Å². The molecule has 0 aliphatic heterocycles. The van der Waals surface area contributed by atoms with Crippen LogP contribution in [0.2, 0.25) is 0 Å². The van der Waals surface area contributed by atoms with Gasteiger partial charge in [0.15, 0.2) is 0 Å². The van der Waals surface area contributed by atoms with E-state index < -0.39 is 5.97 Å². The molecule has 0 aromatic heterocycles. The Kier molecular flexibility index (Phi) is 13.8. The zero-order valence-corrected chi connectivity index (χ0v) is 14.3. The number of carbonyl (C=O) groups excluding carboxylic acids is 1. The summed E-state index contributed by atoms with van der Waals surface area (Å²) in [5.74, 6) is 0.222. The first-order valence-corrected chi connectivity index (χ1v) is 9.20. The Morgan fingerprint density at radius 1 is 1.05 bits per heavy atom. The Morgan fingerprint density at radius 3 is 2.33 bits per heavy atom. The van der Waals surface area contributed by atoms with Crippen LogP contribution in [-0.2, 0) is 14.3 Å². The van der Waals surface area contributed by atoms with Crippen LogP contribution >= 0.6 is 11.8 Å². The van der Waals surface area contributed by atoms with Gasteiger partial charge in [0.25, 0.3) is 0 Å². The average Bonchev–Trinajstić information content (AvgIpc) is 2.42. The normalized spacial score (nSPS) is 12.1. The molecule has 0 fully saturated rings. The predicted octanol–water partition coefficient (Wildman–Crippen LogP) is 4.27. The Morgan fingerprint density at radius 2 is 1.67 bits per heavy atom. The van der Waals surface area contributed by atoms with Crippen molar-refractivity contribution in [1.29, 1.82) is 0 Å². The molecular formula is C16H30O4S. The highest BCUT2D eigenvalue weighted by atomic mass is 32.2. The summed E-state index contributed by atoms with van der Waals surface area (Å²) in [6, 6.07) is 0. The van der Waals surface area contributed by atoms with Crippen molar-refractivity contribution >= 4 is 23.7 Å². The van der Waals surface area contributed by atoms with Crippen molar-refractivity contribution in [2.45, 2.75) is 77.7 Å². The van der Waals surface area contributed by atoms with Crippen LogP contribution in [0.4, 0.5) is 0 Å². The molecule has 0 saturated heterocycles. The van der Waals surface area contributed by atoms with E-state index in [-0.39, 0.29) is 18.5 Å². The topological polar surface area (TPSA) is 63.6 Å². The first-order chi connectivity index (χ1) is 10.1. The lowest BCUT2D eigenvalue weighted by molar-refractivity contribution is -0.148. The highest BCUT2D eigenvalue weighted by molar-refractivity contribution is 7.99. The first-order valence-electron chi connectivity index (χ1n) is 8.05. The van der Waals surface area contributed by atoms with Crippen molar-refractivity contribution in [3.8, 4) is 0 Å². The number of carboxylic acids is 1. The van der Waals surface area contributed by atoms with Gasteiger partial charge in [-0.1, -0.05) is 39.0 Å². The Hall–Kier alpha value is -0.710. The van der Waals surface area contributed by atoms with Crippen molar-refractivity contribution in [1.82, 2.24) is 0 Å². The molecule has 21 heavy (non-hydrogen) atoms. The predicted molar refractivity (Wildman–Crippen MR) is 87.7 cm³/mol. The van der Waals surface area contributed by atoms with E-state index in [1.807, 2.05) is 6.92 Å². The maximum atomic E-state index is 11.6. The van der Waals surface area contributed by atoms with Gasteiger partial charge >= 0.3 is 11.9 Å². The fourth-order valence-corrected chi connectivity index (χ4v) is 2.81. The molecule has 0 saturated carbocycles. The van der Waals surface area contributed by atoms with Gasteiger partial charge in [-0.15, -0.1) is 0 Å². The molecule has 0 rings (SSSR count). The molecule has 5 heteroatoms. The number of thioether (sulfide) groups is 1. The SMILES string of the molecule is CCCCCCCCC(C)OC(=O)CCSCCC(=O)O. The van der Waals surface area contributed by atoms with E-state index in [1.54, 1.807) is 0 Å². The molecular weight excluding hydrogens is 288 g/mol. The zero-order chi connectivity index (χ0) is 15.9. The average molecular weight is 318 g/mol. The minimum Gasteiger partial charge on any atom is -0.481 e. The molecule has 0 radical (unpaired) electrons. The van der Waals surface area contributed by atoms with Crippen LogP contribution in [0.3, 0.4) is 0 Å². The van der Waals surface area contributed by atoms with Gasteiger partial charge in [0, 0.05) is 11.5 Å². The number of carbonyl (C=O) groups is 2. The van der Waals surface area contributed by atoms with Gasteiger partial charge in [0.1, 0.15) is 0 Å². The summed E-state index contributed by atoms with van der Waals surface area (Å²) in [4.78, 5) is 21.9. The Bertz CT molecular complexity index is 281. The van der Waals surface area contributed by atoms with E-state index in [0.717, 1.165) is 12.8 Å². The van der Waals surface area contributed by atoms with Crippen LogP contribution in [0.5, 0.6) is 0 Å². The third-order valence-corrected chi connectivity index (χ3v) is 4.19. The maximum absolute atomic E-state index is 11.6. The second-order valence-electron chi connectivity index (χ2n) is 5.36. The number of ether oxygens (including phenoxy) is 1. The van der Waals surface area contributed by atoms with E-state index in [9.17, 15) is 9.59 Å². The minimum atomic E-state index is -0.794. The smallest absolute Gasteiger partial charge is 0.306 e. The third kappa shape index (κ3) is 15.5. The lowest BCUT2D eigenvalue weighted by atomic mass is 10.1. The fourth-order valence-electron chi connectivity index (χ4n) is 1.97. The van der Waals surface area contributed by atoms with Gasteiger partial charge < -0.3 is 9.84 Å². The van der Waals surface area contributed by atoms with Gasteiger partial charge in [-0.3, -0.25) is 9.59 Å². The van der Waals surface area contributed by atoms with Crippen LogP contribution in [0.1, 0.15) is 71.6 Å². The van der Waals surface area contributed by atoms with Gasteiger partial charge in [0.05, 0.1) is 18.9 Å². The first kappa shape index (κ1) is 20.3. The lowest BCUT2D eigenvalue weighted by Crippen LogP contribution is -2.15. The molecule has 124 valence electrons. The highest BCUT2D eigenvalue weighted by Gasteiger charge is 2.09. The largest absolute Gasteiger partial charge is 0.481 e. The number of rotatable bonds is 14. The van der Waals surface area contributed by atoms with Gasteiger partial charge in [0.2, 0.25) is 0 Å². The number of unbranched alkanes of at least 4 members (excludes halogenated alkanes) is 5. The lowest BCUT2D eigenvalue weighted by Gasteiger charge is -2.13. The molecule has 0 aliphatic rings. The maximum Gasteiger partial charge on any atom is 0.306 e. The summed E-state index contributed by atoms with van der Waals surface area (Å²) < 4.78 is 5.34. The van der Waals surface area contributed by atoms with Crippen LogP contribution in [-0.4, -0.2) is 34.7 Å². The third-order valence-electron chi connectivity index (χ3n) is 3.21. The monoisotopic (exact) mass is 318 g/mol.